The van der Waals surface area contributed by atoms with E-state index in [1.54, 1.807) is 0 Å². The van der Waals surface area contributed by atoms with Crippen molar-refractivity contribution >= 4 is 47.9 Å². The van der Waals surface area contributed by atoms with Crippen LogP contribution in [0.4, 0.5) is 0 Å². The van der Waals surface area contributed by atoms with Crippen LogP contribution < -0.4 is 0 Å². The first-order chi connectivity index (χ1) is 4.63. The Balaban J connectivity index is 3.09. The van der Waals surface area contributed by atoms with Crippen LogP contribution in [-0.4, -0.2) is 16.0 Å². The molecule has 5 heteroatoms. The zero-order chi connectivity index (χ0) is 7.72. The number of halogens is 2. The lowest BCUT2D eigenvalue weighted by molar-refractivity contribution is 1.47. The number of aliphatic imine (C=N–C) groups is 1. The molecule has 1 aliphatic rings. The van der Waals surface area contributed by atoms with Crippen LogP contribution in [0.5, 0.6) is 0 Å². The molecule has 1 rings (SSSR count). The fourth-order valence-corrected chi connectivity index (χ4v) is 1.07. The standard InChI is InChI=1S/C5H3Br2N3/c6-2-1-10-5(7)4(9)3(2)8/h1,8-9H. The summed E-state index contributed by atoms with van der Waals surface area (Å²) in [4.78, 5) is 3.80. The van der Waals surface area contributed by atoms with Crippen LogP contribution in [0.25, 0.3) is 0 Å². The lowest BCUT2D eigenvalue weighted by atomic mass is 10.2. The fraction of sp³-hybridized carbons (Fsp3) is 0. The van der Waals surface area contributed by atoms with Gasteiger partial charge in [-0.15, -0.1) is 0 Å². The Morgan fingerprint density at radius 2 is 1.80 bits per heavy atom. The van der Waals surface area contributed by atoms with Gasteiger partial charge in [-0.25, -0.2) is 4.99 Å². The highest BCUT2D eigenvalue weighted by molar-refractivity contribution is 9.19. The van der Waals surface area contributed by atoms with Gasteiger partial charge in [0.25, 0.3) is 0 Å². The number of hydrogen-bond donors (Lipinski definition) is 2. The average Bonchev–Trinajstić information content (AvgIpc) is 1.93. The molecular formula is C5H3Br2N3. The third kappa shape index (κ3) is 1.24. The first-order valence-corrected chi connectivity index (χ1v) is 3.98. The summed E-state index contributed by atoms with van der Waals surface area (Å²) in [5.74, 6) is 0. The van der Waals surface area contributed by atoms with Crippen LogP contribution in [0.2, 0.25) is 0 Å². The summed E-state index contributed by atoms with van der Waals surface area (Å²) in [7, 11) is 0. The van der Waals surface area contributed by atoms with Gasteiger partial charge in [-0.1, -0.05) is 0 Å². The minimum absolute atomic E-state index is 0.106. The van der Waals surface area contributed by atoms with E-state index in [0.29, 0.717) is 9.10 Å². The van der Waals surface area contributed by atoms with Crippen molar-refractivity contribution in [2.75, 3.05) is 0 Å². The lowest BCUT2D eigenvalue weighted by Crippen LogP contribution is -2.20. The lowest BCUT2D eigenvalue weighted by Gasteiger charge is -2.06. The molecule has 0 saturated heterocycles. The van der Waals surface area contributed by atoms with Gasteiger partial charge in [-0.3, -0.25) is 10.8 Å². The van der Waals surface area contributed by atoms with Crippen LogP contribution in [0, 0.1) is 10.8 Å². The van der Waals surface area contributed by atoms with Crippen molar-refractivity contribution in [1.29, 1.82) is 10.8 Å². The molecule has 0 saturated carbocycles. The maximum atomic E-state index is 7.28. The molecule has 0 bridgehead atoms. The molecule has 0 aromatic heterocycles. The van der Waals surface area contributed by atoms with Crippen molar-refractivity contribution in [1.82, 2.24) is 0 Å². The third-order valence-corrected chi connectivity index (χ3v) is 2.19. The molecule has 1 aliphatic heterocycles. The maximum Gasteiger partial charge on any atom is 0.133 e. The Kier molecular flexibility index (Phi) is 2.15. The molecule has 0 radical (unpaired) electrons. The number of allylic oxidation sites excluding steroid dienone is 1. The second kappa shape index (κ2) is 2.75. The Bertz CT molecular complexity index is 228. The second-order valence-corrected chi connectivity index (χ2v) is 3.25. The molecule has 3 nitrogen and oxygen atoms in total. The Morgan fingerprint density at radius 3 is 2.30 bits per heavy atom. The summed E-state index contributed by atoms with van der Waals surface area (Å²) in [5, 5.41) is 14.5. The summed E-state index contributed by atoms with van der Waals surface area (Å²) in [6.07, 6.45) is 1.49. The van der Waals surface area contributed by atoms with Gasteiger partial charge in [0.05, 0.1) is 10.2 Å². The van der Waals surface area contributed by atoms with Crippen molar-refractivity contribution in [2.45, 2.75) is 0 Å². The summed E-state index contributed by atoms with van der Waals surface area (Å²) in [6.45, 7) is 0. The van der Waals surface area contributed by atoms with Crippen LogP contribution in [0.1, 0.15) is 0 Å². The average molecular weight is 265 g/mol. The first-order valence-electron chi connectivity index (χ1n) is 2.40. The van der Waals surface area contributed by atoms with E-state index in [4.69, 9.17) is 10.8 Å². The second-order valence-electron chi connectivity index (χ2n) is 1.65. The van der Waals surface area contributed by atoms with Crippen molar-refractivity contribution < 1.29 is 0 Å². The number of nitrogens with one attached hydrogen (secondary N) is 2. The van der Waals surface area contributed by atoms with Gasteiger partial charge in [0.15, 0.2) is 0 Å². The predicted molar refractivity (Wildman–Crippen MR) is 48.8 cm³/mol. The zero-order valence-corrected chi connectivity index (χ0v) is 7.95. The van der Waals surface area contributed by atoms with Gasteiger partial charge in [0.2, 0.25) is 0 Å². The Morgan fingerprint density at radius 1 is 1.20 bits per heavy atom. The Hall–Kier alpha value is -0.290. The van der Waals surface area contributed by atoms with E-state index in [1.807, 2.05) is 0 Å². The number of hydrogen-bond acceptors (Lipinski definition) is 3. The predicted octanol–water partition coefficient (Wildman–Crippen LogP) is 2.07. The minimum Gasteiger partial charge on any atom is -0.297 e. The highest BCUT2D eigenvalue weighted by Crippen LogP contribution is 2.14. The Labute approximate surface area is 74.5 Å². The van der Waals surface area contributed by atoms with Gasteiger partial charge in [-0.05, 0) is 31.9 Å². The van der Waals surface area contributed by atoms with E-state index >= 15 is 0 Å². The SMILES string of the molecule is N=C1C(=N)C(Br)=NC=C1Br. The van der Waals surface area contributed by atoms with E-state index in [-0.39, 0.29) is 11.4 Å². The normalized spacial score (nSPS) is 18.6. The molecular weight excluding hydrogens is 262 g/mol. The molecule has 10 heavy (non-hydrogen) atoms. The van der Waals surface area contributed by atoms with Crippen LogP contribution in [-0.2, 0) is 0 Å². The van der Waals surface area contributed by atoms with E-state index < -0.39 is 0 Å². The summed E-state index contributed by atoms with van der Waals surface area (Å²) in [6, 6.07) is 0. The molecule has 2 N–H and O–H groups in total. The summed E-state index contributed by atoms with van der Waals surface area (Å²) < 4.78 is 0.946. The van der Waals surface area contributed by atoms with Gasteiger partial charge >= 0.3 is 0 Å². The third-order valence-electron chi connectivity index (χ3n) is 0.986. The first kappa shape index (κ1) is 7.81. The molecule has 0 aromatic rings. The largest absolute Gasteiger partial charge is 0.297 e. The molecule has 0 aliphatic carbocycles. The molecule has 1 heterocycles. The van der Waals surface area contributed by atoms with Crippen LogP contribution in [0.15, 0.2) is 15.7 Å². The molecule has 0 unspecified atom stereocenters. The van der Waals surface area contributed by atoms with Crippen molar-refractivity contribution in [3.63, 3.8) is 0 Å². The number of rotatable bonds is 0. The topological polar surface area (TPSA) is 60.1 Å². The molecule has 0 amide bonds. The summed E-state index contributed by atoms with van der Waals surface area (Å²) >= 11 is 6.13. The van der Waals surface area contributed by atoms with E-state index in [1.165, 1.54) is 6.20 Å². The monoisotopic (exact) mass is 263 g/mol. The van der Waals surface area contributed by atoms with Gasteiger partial charge < -0.3 is 0 Å². The van der Waals surface area contributed by atoms with E-state index in [2.05, 4.69) is 36.9 Å². The smallest absolute Gasteiger partial charge is 0.133 e. The van der Waals surface area contributed by atoms with Gasteiger partial charge in [0, 0.05) is 6.20 Å². The fourth-order valence-electron chi connectivity index (χ4n) is 0.465. The summed E-state index contributed by atoms with van der Waals surface area (Å²) in [5.41, 5.74) is 0.260. The molecule has 52 valence electrons. The quantitative estimate of drug-likeness (QED) is 0.673. The zero-order valence-electron chi connectivity index (χ0n) is 4.78. The molecule has 0 fully saturated rings. The van der Waals surface area contributed by atoms with Crippen LogP contribution in [0.3, 0.4) is 0 Å². The highest BCUT2D eigenvalue weighted by atomic mass is 79.9. The van der Waals surface area contributed by atoms with Crippen LogP contribution >= 0.6 is 31.9 Å². The number of nitrogens with zero attached hydrogens (tertiary/aromatic N) is 1. The minimum atomic E-state index is 0.106. The van der Waals surface area contributed by atoms with Gasteiger partial charge in [0.1, 0.15) is 10.3 Å². The highest BCUT2D eigenvalue weighted by Gasteiger charge is 2.15. The molecule has 0 spiro atoms. The molecule has 0 aromatic carbocycles. The van der Waals surface area contributed by atoms with Crippen molar-refractivity contribution in [3.05, 3.63) is 10.7 Å². The van der Waals surface area contributed by atoms with E-state index in [9.17, 15) is 0 Å². The van der Waals surface area contributed by atoms with E-state index in [0.717, 1.165) is 0 Å². The molecule has 0 atom stereocenters. The van der Waals surface area contributed by atoms with Gasteiger partial charge in [-0.2, -0.15) is 0 Å². The van der Waals surface area contributed by atoms with Crippen molar-refractivity contribution in [3.8, 4) is 0 Å². The van der Waals surface area contributed by atoms with Crippen molar-refractivity contribution in [2.24, 2.45) is 4.99 Å². The maximum absolute atomic E-state index is 7.28.